The quantitative estimate of drug-likeness (QED) is 0.897. The lowest BCUT2D eigenvalue weighted by molar-refractivity contribution is 0.0690. The van der Waals surface area contributed by atoms with Gasteiger partial charge in [0, 0.05) is 0 Å². The lowest BCUT2D eigenvalue weighted by Crippen LogP contribution is -1.98. The first-order valence-electron chi connectivity index (χ1n) is 5.42. The SMILES string of the molecule is O=C(O)c1coc(OCc2ccc3c(c2)OCO3)n1. The predicted octanol–water partition coefficient (Wildman–Crippen LogP) is 1.68. The fourth-order valence-corrected chi connectivity index (χ4v) is 1.60. The number of aromatic nitrogens is 1. The summed E-state index contributed by atoms with van der Waals surface area (Å²) in [6.45, 7) is 0.400. The molecule has 0 aliphatic carbocycles. The number of ether oxygens (including phenoxy) is 3. The van der Waals surface area contributed by atoms with Gasteiger partial charge in [-0.3, -0.25) is 0 Å². The lowest BCUT2D eigenvalue weighted by Gasteiger charge is -2.02. The number of hydrogen-bond acceptors (Lipinski definition) is 6. The Morgan fingerprint density at radius 2 is 2.21 bits per heavy atom. The number of carbonyl (C=O) groups is 1. The van der Waals surface area contributed by atoms with Gasteiger partial charge in [-0.1, -0.05) is 6.07 Å². The Bertz CT molecular complexity index is 620. The average Bonchev–Trinajstić information content (AvgIpc) is 3.04. The van der Waals surface area contributed by atoms with Gasteiger partial charge < -0.3 is 23.7 Å². The third kappa shape index (κ3) is 2.30. The molecular weight excluding hydrogens is 254 g/mol. The van der Waals surface area contributed by atoms with Crippen LogP contribution in [-0.4, -0.2) is 22.9 Å². The largest absolute Gasteiger partial charge is 0.476 e. The van der Waals surface area contributed by atoms with E-state index in [9.17, 15) is 4.79 Å². The topological polar surface area (TPSA) is 91.0 Å². The Kier molecular flexibility index (Phi) is 2.71. The molecule has 0 amide bonds. The molecule has 1 aromatic heterocycles. The first kappa shape index (κ1) is 11.4. The van der Waals surface area contributed by atoms with Crippen molar-refractivity contribution >= 4 is 5.97 Å². The molecule has 0 spiro atoms. The number of oxazole rings is 1. The van der Waals surface area contributed by atoms with E-state index in [1.54, 1.807) is 12.1 Å². The Morgan fingerprint density at radius 3 is 3.00 bits per heavy atom. The second-order valence-electron chi connectivity index (χ2n) is 3.78. The highest BCUT2D eigenvalue weighted by molar-refractivity contribution is 5.84. The molecule has 1 N–H and O–H groups in total. The van der Waals surface area contributed by atoms with Crippen LogP contribution in [0.15, 0.2) is 28.9 Å². The summed E-state index contributed by atoms with van der Waals surface area (Å²) in [5, 5.41) is 8.68. The molecule has 3 rings (SSSR count). The molecule has 0 fully saturated rings. The van der Waals surface area contributed by atoms with Crippen molar-refractivity contribution in [1.82, 2.24) is 4.98 Å². The summed E-state index contributed by atoms with van der Waals surface area (Å²) in [6.07, 6.45) is 0.937. The van der Waals surface area contributed by atoms with Gasteiger partial charge in [0.15, 0.2) is 17.2 Å². The molecule has 0 atom stereocenters. The van der Waals surface area contributed by atoms with E-state index in [0.29, 0.717) is 11.5 Å². The zero-order chi connectivity index (χ0) is 13.2. The maximum Gasteiger partial charge on any atom is 0.394 e. The number of benzene rings is 1. The van der Waals surface area contributed by atoms with E-state index >= 15 is 0 Å². The minimum absolute atomic E-state index is 0.0879. The number of nitrogens with zero attached hydrogens (tertiary/aromatic N) is 1. The van der Waals surface area contributed by atoms with E-state index in [1.807, 2.05) is 6.07 Å². The molecule has 2 aromatic rings. The van der Waals surface area contributed by atoms with Crippen LogP contribution in [-0.2, 0) is 6.61 Å². The third-order valence-electron chi connectivity index (χ3n) is 2.50. The molecule has 7 nitrogen and oxygen atoms in total. The van der Waals surface area contributed by atoms with Gasteiger partial charge in [-0.2, -0.15) is 4.98 Å². The Hall–Kier alpha value is -2.70. The van der Waals surface area contributed by atoms with Crippen LogP contribution in [0.1, 0.15) is 16.1 Å². The smallest absolute Gasteiger partial charge is 0.394 e. The maximum absolute atomic E-state index is 10.6. The van der Waals surface area contributed by atoms with Crippen molar-refractivity contribution in [3.05, 3.63) is 35.7 Å². The molecule has 1 aromatic carbocycles. The van der Waals surface area contributed by atoms with Gasteiger partial charge in [-0.25, -0.2) is 4.79 Å². The molecule has 0 unspecified atom stereocenters. The molecule has 1 aliphatic heterocycles. The highest BCUT2D eigenvalue weighted by atomic mass is 16.7. The van der Waals surface area contributed by atoms with Gasteiger partial charge in [-0.05, 0) is 17.7 Å². The van der Waals surface area contributed by atoms with E-state index in [4.69, 9.17) is 23.7 Å². The minimum Gasteiger partial charge on any atom is -0.476 e. The summed E-state index contributed by atoms with van der Waals surface area (Å²) in [5.41, 5.74) is 0.639. The summed E-state index contributed by atoms with van der Waals surface area (Å²) in [4.78, 5) is 14.3. The van der Waals surface area contributed by atoms with Gasteiger partial charge in [0.2, 0.25) is 6.79 Å². The molecule has 1 aliphatic rings. The number of carboxylic acid groups (broad SMARTS) is 1. The van der Waals surface area contributed by atoms with Crippen molar-refractivity contribution in [2.75, 3.05) is 6.79 Å². The monoisotopic (exact) mass is 263 g/mol. The first-order valence-corrected chi connectivity index (χ1v) is 5.42. The number of aromatic carboxylic acids is 1. The molecule has 0 saturated heterocycles. The van der Waals surface area contributed by atoms with Crippen LogP contribution in [0.25, 0.3) is 0 Å². The average molecular weight is 263 g/mol. The number of rotatable bonds is 4. The van der Waals surface area contributed by atoms with Gasteiger partial charge >= 0.3 is 12.0 Å². The zero-order valence-electron chi connectivity index (χ0n) is 9.66. The highest BCUT2D eigenvalue weighted by Crippen LogP contribution is 2.32. The van der Waals surface area contributed by atoms with Crippen molar-refractivity contribution in [1.29, 1.82) is 0 Å². The number of fused-ring (bicyclic) bond motifs is 1. The molecule has 7 heteroatoms. The molecule has 0 saturated carbocycles. The van der Waals surface area contributed by atoms with Crippen molar-refractivity contribution in [3.8, 4) is 17.6 Å². The van der Waals surface area contributed by atoms with Crippen LogP contribution in [0.3, 0.4) is 0 Å². The van der Waals surface area contributed by atoms with Gasteiger partial charge in [-0.15, -0.1) is 0 Å². The molecular formula is C12H9NO6. The van der Waals surface area contributed by atoms with Gasteiger partial charge in [0.25, 0.3) is 0 Å². The Balaban J connectivity index is 1.67. The van der Waals surface area contributed by atoms with E-state index in [2.05, 4.69) is 4.98 Å². The van der Waals surface area contributed by atoms with Crippen LogP contribution in [0, 0.1) is 0 Å². The number of hydrogen-bond donors (Lipinski definition) is 1. The van der Waals surface area contributed by atoms with Crippen molar-refractivity contribution in [2.45, 2.75) is 6.61 Å². The van der Waals surface area contributed by atoms with E-state index in [1.165, 1.54) is 0 Å². The van der Waals surface area contributed by atoms with Gasteiger partial charge in [0.1, 0.15) is 12.9 Å². The summed E-state index contributed by atoms with van der Waals surface area (Å²) in [6, 6.07) is 5.37. The third-order valence-corrected chi connectivity index (χ3v) is 2.50. The minimum atomic E-state index is -1.17. The van der Waals surface area contributed by atoms with Crippen molar-refractivity contribution in [2.24, 2.45) is 0 Å². The maximum atomic E-state index is 10.6. The second-order valence-corrected chi connectivity index (χ2v) is 3.78. The molecule has 2 heterocycles. The summed E-state index contributed by atoms with van der Waals surface area (Å²) in [5.74, 6) is 0.175. The molecule has 19 heavy (non-hydrogen) atoms. The van der Waals surface area contributed by atoms with Crippen molar-refractivity contribution < 1.29 is 28.5 Å². The fourth-order valence-electron chi connectivity index (χ4n) is 1.60. The van der Waals surface area contributed by atoms with E-state index in [0.717, 1.165) is 11.8 Å². The van der Waals surface area contributed by atoms with Crippen LogP contribution < -0.4 is 14.2 Å². The predicted molar refractivity (Wildman–Crippen MR) is 60.4 cm³/mol. The Morgan fingerprint density at radius 1 is 1.37 bits per heavy atom. The van der Waals surface area contributed by atoms with E-state index in [-0.39, 0.29) is 25.2 Å². The lowest BCUT2D eigenvalue weighted by atomic mass is 10.2. The summed E-state index contributed by atoms with van der Waals surface area (Å²) < 4.78 is 20.5. The molecule has 0 radical (unpaired) electrons. The van der Waals surface area contributed by atoms with Crippen LogP contribution in [0.5, 0.6) is 17.6 Å². The van der Waals surface area contributed by atoms with E-state index < -0.39 is 5.97 Å². The van der Waals surface area contributed by atoms with Gasteiger partial charge in [0.05, 0.1) is 0 Å². The second kappa shape index (κ2) is 4.52. The Labute approximate surface area is 107 Å². The highest BCUT2D eigenvalue weighted by Gasteiger charge is 2.14. The normalized spacial score (nSPS) is 12.4. The fraction of sp³-hybridized carbons (Fsp3) is 0.167. The molecule has 0 bridgehead atoms. The summed E-state index contributed by atoms with van der Waals surface area (Å²) in [7, 11) is 0. The van der Waals surface area contributed by atoms with Crippen LogP contribution in [0.2, 0.25) is 0 Å². The summed E-state index contributed by atoms with van der Waals surface area (Å²) >= 11 is 0. The van der Waals surface area contributed by atoms with Crippen LogP contribution in [0.4, 0.5) is 0 Å². The number of carboxylic acids is 1. The molecule has 98 valence electrons. The zero-order valence-corrected chi connectivity index (χ0v) is 9.66. The van der Waals surface area contributed by atoms with Crippen LogP contribution >= 0.6 is 0 Å². The first-order chi connectivity index (χ1) is 9.22. The standard InChI is InChI=1S/C12H9NO6/c14-11(15)8-5-17-12(13-8)16-4-7-1-2-9-10(3-7)19-6-18-9/h1-3,5H,4,6H2,(H,14,15). The van der Waals surface area contributed by atoms with Crippen molar-refractivity contribution in [3.63, 3.8) is 0 Å².